The van der Waals surface area contributed by atoms with Crippen LogP contribution in [-0.4, -0.2) is 20.2 Å². The van der Waals surface area contributed by atoms with Gasteiger partial charge in [0.15, 0.2) is 11.5 Å². The smallest absolute Gasteiger partial charge is 0.161 e. The molecule has 0 radical (unpaired) electrons. The first-order valence-electron chi connectivity index (χ1n) is 7.89. The van der Waals surface area contributed by atoms with Gasteiger partial charge in [0.2, 0.25) is 0 Å². The van der Waals surface area contributed by atoms with E-state index in [1.54, 1.807) is 7.11 Å². The molecule has 0 spiro atoms. The summed E-state index contributed by atoms with van der Waals surface area (Å²) in [6, 6.07) is 14.8. The summed E-state index contributed by atoms with van der Waals surface area (Å²) >= 11 is 0. The number of hydrogen-bond donors (Lipinski definition) is 1. The zero-order valence-corrected chi connectivity index (χ0v) is 13.3. The van der Waals surface area contributed by atoms with E-state index in [2.05, 4.69) is 48.6 Å². The lowest BCUT2D eigenvalue weighted by atomic mass is 9.93. The molecule has 0 saturated carbocycles. The van der Waals surface area contributed by atoms with Gasteiger partial charge in [-0.2, -0.15) is 0 Å². The first kappa shape index (κ1) is 14.9. The lowest BCUT2D eigenvalue weighted by Gasteiger charge is -2.28. The highest BCUT2D eigenvalue weighted by atomic mass is 16.5. The zero-order chi connectivity index (χ0) is 15.4. The molecule has 1 fully saturated rings. The van der Waals surface area contributed by atoms with Crippen LogP contribution in [-0.2, 0) is 13.0 Å². The summed E-state index contributed by atoms with van der Waals surface area (Å²) in [6.45, 7) is 4.82. The predicted octanol–water partition coefficient (Wildman–Crippen LogP) is 3.52. The Bertz CT molecular complexity index is 618. The van der Waals surface area contributed by atoms with Crippen LogP contribution in [0.5, 0.6) is 11.5 Å². The molecule has 0 bridgehead atoms. The number of rotatable bonds is 6. The Morgan fingerprint density at radius 3 is 2.32 bits per heavy atom. The maximum atomic E-state index is 5.93. The van der Waals surface area contributed by atoms with Gasteiger partial charge in [0, 0.05) is 19.0 Å². The average molecular weight is 297 g/mol. The second-order valence-electron chi connectivity index (χ2n) is 5.72. The molecule has 3 rings (SSSR count). The van der Waals surface area contributed by atoms with Crippen molar-refractivity contribution < 1.29 is 9.47 Å². The first-order valence-corrected chi connectivity index (χ1v) is 7.89. The lowest BCUT2D eigenvalue weighted by Crippen LogP contribution is -2.39. The first-order chi connectivity index (χ1) is 10.8. The molecular weight excluding hydrogens is 274 g/mol. The van der Waals surface area contributed by atoms with E-state index in [1.807, 2.05) is 6.07 Å². The highest BCUT2D eigenvalue weighted by Gasteiger charge is 2.20. The standard InChI is InChI=1S/C19H23NO2/c1-3-14-4-6-15(7-5-14)13-22-18-9-8-16(10-19(18)21-2)17-11-20-12-17/h4-10,17,20H,3,11-13H2,1-2H3. The summed E-state index contributed by atoms with van der Waals surface area (Å²) in [5.74, 6) is 2.22. The van der Waals surface area contributed by atoms with Crippen molar-refractivity contribution in [3.63, 3.8) is 0 Å². The molecule has 0 unspecified atom stereocenters. The quantitative estimate of drug-likeness (QED) is 0.885. The summed E-state index contributed by atoms with van der Waals surface area (Å²) in [6.07, 6.45) is 1.06. The third-order valence-electron chi connectivity index (χ3n) is 4.27. The van der Waals surface area contributed by atoms with Crippen LogP contribution < -0.4 is 14.8 Å². The van der Waals surface area contributed by atoms with Gasteiger partial charge in [0.1, 0.15) is 6.61 Å². The monoisotopic (exact) mass is 297 g/mol. The van der Waals surface area contributed by atoms with Gasteiger partial charge in [-0.1, -0.05) is 37.3 Å². The normalized spacial score (nSPS) is 14.5. The number of aryl methyl sites for hydroxylation is 1. The fourth-order valence-electron chi connectivity index (χ4n) is 2.61. The number of nitrogens with one attached hydrogen (secondary N) is 1. The van der Waals surface area contributed by atoms with Crippen LogP contribution >= 0.6 is 0 Å². The molecular formula is C19H23NO2. The van der Waals surface area contributed by atoms with Crippen molar-refractivity contribution in [3.8, 4) is 11.5 Å². The van der Waals surface area contributed by atoms with Crippen LogP contribution in [0.1, 0.15) is 29.5 Å². The average Bonchev–Trinajstić information content (AvgIpc) is 2.52. The van der Waals surface area contributed by atoms with Gasteiger partial charge in [-0.25, -0.2) is 0 Å². The van der Waals surface area contributed by atoms with Crippen LogP contribution in [0.3, 0.4) is 0 Å². The van der Waals surface area contributed by atoms with E-state index in [0.717, 1.165) is 31.0 Å². The summed E-state index contributed by atoms with van der Waals surface area (Å²) in [5.41, 5.74) is 3.83. The highest BCUT2D eigenvalue weighted by molar-refractivity contribution is 5.44. The molecule has 2 aromatic rings. The van der Waals surface area contributed by atoms with E-state index < -0.39 is 0 Å². The minimum absolute atomic E-state index is 0.560. The number of methoxy groups -OCH3 is 1. The molecule has 116 valence electrons. The molecule has 2 aromatic carbocycles. The van der Waals surface area contributed by atoms with Crippen molar-refractivity contribution in [2.45, 2.75) is 25.9 Å². The molecule has 1 saturated heterocycles. The molecule has 0 aromatic heterocycles. The maximum Gasteiger partial charge on any atom is 0.161 e. The third kappa shape index (κ3) is 3.25. The van der Waals surface area contributed by atoms with Crippen LogP contribution in [0.25, 0.3) is 0 Å². The van der Waals surface area contributed by atoms with Crippen molar-refractivity contribution in [2.24, 2.45) is 0 Å². The molecule has 3 heteroatoms. The molecule has 0 amide bonds. The van der Waals surface area contributed by atoms with E-state index in [4.69, 9.17) is 9.47 Å². The van der Waals surface area contributed by atoms with Crippen LogP contribution in [0.15, 0.2) is 42.5 Å². The second-order valence-corrected chi connectivity index (χ2v) is 5.72. The van der Waals surface area contributed by atoms with Crippen LogP contribution in [0.2, 0.25) is 0 Å². The topological polar surface area (TPSA) is 30.5 Å². The number of hydrogen-bond acceptors (Lipinski definition) is 3. The molecule has 22 heavy (non-hydrogen) atoms. The van der Waals surface area contributed by atoms with Crippen molar-refractivity contribution in [3.05, 3.63) is 59.2 Å². The SMILES string of the molecule is CCc1ccc(COc2ccc(C3CNC3)cc2OC)cc1. The Kier molecular flexibility index (Phi) is 4.64. The van der Waals surface area contributed by atoms with Crippen molar-refractivity contribution in [1.82, 2.24) is 5.32 Å². The third-order valence-corrected chi connectivity index (χ3v) is 4.27. The van der Waals surface area contributed by atoms with E-state index in [9.17, 15) is 0 Å². The Morgan fingerprint density at radius 1 is 1.00 bits per heavy atom. The molecule has 0 atom stereocenters. The molecule has 1 aliphatic rings. The molecule has 1 aliphatic heterocycles. The van der Waals surface area contributed by atoms with Crippen molar-refractivity contribution in [1.29, 1.82) is 0 Å². The maximum absolute atomic E-state index is 5.93. The minimum atomic E-state index is 0.560. The highest BCUT2D eigenvalue weighted by Crippen LogP contribution is 2.32. The predicted molar refractivity (Wildman–Crippen MR) is 88.8 cm³/mol. The van der Waals surface area contributed by atoms with E-state index in [1.165, 1.54) is 16.7 Å². The van der Waals surface area contributed by atoms with Crippen molar-refractivity contribution >= 4 is 0 Å². The lowest BCUT2D eigenvalue weighted by molar-refractivity contribution is 0.284. The van der Waals surface area contributed by atoms with Gasteiger partial charge in [-0.3, -0.25) is 0 Å². The van der Waals surface area contributed by atoms with E-state index in [-0.39, 0.29) is 0 Å². The zero-order valence-electron chi connectivity index (χ0n) is 13.3. The molecule has 1 N–H and O–H groups in total. The van der Waals surface area contributed by atoms with E-state index >= 15 is 0 Å². The van der Waals surface area contributed by atoms with Crippen LogP contribution in [0, 0.1) is 0 Å². The summed E-state index contributed by atoms with van der Waals surface area (Å²) < 4.78 is 11.4. The minimum Gasteiger partial charge on any atom is -0.493 e. The van der Waals surface area contributed by atoms with E-state index in [0.29, 0.717) is 12.5 Å². The molecule has 1 heterocycles. The van der Waals surface area contributed by atoms with Gasteiger partial charge < -0.3 is 14.8 Å². The van der Waals surface area contributed by atoms with Gasteiger partial charge in [0.05, 0.1) is 7.11 Å². The molecule has 3 nitrogen and oxygen atoms in total. The van der Waals surface area contributed by atoms with Gasteiger partial charge in [-0.05, 0) is 35.2 Å². The van der Waals surface area contributed by atoms with Gasteiger partial charge in [-0.15, -0.1) is 0 Å². The summed E-state index contributed by atoms with van der Waals surface area (Å²) in [5, 5.41) is 3.30. The fraction of sp³-hybridized carbons (Fsp3) is 0.368. The van der Waals surface area contributed by atoms with Crippen LogP contribution in [0.4, 0.5) is 0 Å². The summed E-state index contributed by atoms with van der Waals surface area (Å²) in [7, 11) is 1.70. The van der Waals surface area contributed by atoms with Crippen molar-refractivity contribution in [2.75, 3.05) is 20.2 Å². The number of ether oxygens (including phenoxy) is 2. The Hall–Kier alpha value is -2.00. The Balaban J connectivity index is 1.68. The van der Waals surface area contributed by atoms with Gasteiger partial charge >= 0.3 is 0 Å². The largest absolute Gasteiger partial charge is 0.493 e. The Labute approximate surface area is 132 Å². The number of benzene rings is 2. The fourth-order valence-corrected chi connectivity index (χ4v) is 2.61. The second kappa shape index (κ2) is 6.84. The van der Waals surface area contributed by atoms with Gasteiger partial charge in [0.25, 0.3) is 0 Å². The Morgan fingerprint density at radius 2 is 1.73 bits per heavy atom. The summed E-state index contributed by atoms with van der Waals surface area (Å²) in [4.78, 5) is 0. The molecule has 0 aliphatic carbocycles.